The topological polar surface area (TPSA) is 61.0 Å². The van der Waals surface area contributed by atoms with Crippen molar-refractivity contribution in [3.05, 3.63) is 24.9 Å². The van der Waals surface area contributed by atoms with Gasteiger partial charge in [0.25, 0.3) is 0 Å². The van der Waals surface area contributed by atoms with Crippen LogP contribution in [-0.4, -0.2) is 22.1 Å². The van der Waals surface area contributed by atoms with E-state index in [9.17, 15) is 0 Å². The van der Waals surface area contributed by atoms with Crippen LogP contribution in [0.3, 0.4) is 0 Å². The standard InChI is InChI=1S/C8H6N3O2/c1-12-7-5-9-4-6(11-7)8-10-2-3-13-8/h2-4H,1H3. The van der Waals surface area contributed by atoms with Crippen LogP contribution < -0.4 is 4.74 Å². The van der Waals surface area contributed by atoms with E-state index < -0.39 is 0 Å². The highest BCUT2D eigenvalue weighted by molar-refractivity contribution is 5.44. The van der Waals surface area contributed by atoms with Crippen molar-refractivity contribution in [1.82, 2.24) is 15.0 Å². The minimum Gasteiger partial charge on any atom is -0.479 e. The van der Waals surface area contributed by atoms with Crippen molar-refractivity contribution in [2.24, 2.45) is 0 Å². The summed E-state index contributed by atoms with van der Waals surface area (Å²) < 4.78 is 9.89. The summed E-state index contributed by atoms with van der Waals surface area (Å²) in [5, 5.41) is 0. The maximum atomic E-state index is 5.04. The largest absolute Gasteiger partial charge is 0.479 e. The van der Waals surface area contributed by atoms with Crippen molar-refractivity contribution < 1.29 is 9.15 Å². The lowest BCUT2D eigenvalue weighted by Crippen LogP contribution is -1.91. The van der Waals surface area contributed by atoms with Gasteiger partial charge in [-0.15, -0.1) is 0 Å². The second-order valence-electron chi connectivity index (χ2n) is 2.21. The van der Waals surface area contributed by atoms with Gasteiger partial charge in [0.05, 0.1) is 19.5 Å². The van der Waals surface area contributed by atoms with Gasteiger partial charge in [-0.05, 0) is 0 Å². The molecule has 0 atom stereocenters. The van der Waals surface area contributed by atoms with Gasteiger partial charge in [-0.3, -0.25) is 0 Å². The summed E-state index contributed by atoms with van der Waals surface area (Å²) in [6.45, 7) is 0. The fraction of sp³-hybridized carbons (Fsp3) is 0.125. The smallest absolute Gasteiger partial charge is 0.246 e. The molecule has 2 aromatic heterocycles. The first-order valence-electron chi connectivity index (χ1n) is 3.59. The van der Waals surface area contributed by atoms with Gasteiger partial charge < -0.3 is 9.15 Å². The number of nitrogens with zero attached hydrogens (tertiary/aromatic N) is 3. The number of hydrogen-bond acceptors (Lipinski definition) is 5. The highest BCUT2D eigenvalue weighted by Gasteiger charge is 2.05. The number of rotatable bonds is 2. The lowest BCUT2D eigenvalue weighted by molar-refractivity contribution is 0.394. The number of hydrogen-bond donors (Lipinski definition) is 0. The van der Waals surface area contributed by atoms with E-state index in [2.05, 4.69) is 21.1 Å². The van der Waals surface area contributed by atoms with Gasteiger partial charge in [0.1, 0.15) is 12.0 Å². The minimum atomic E-state index is 0.315. The Morgan fingerprint density at radius 1 is 1.54 bits per heavy atom. The van der Waals surface area contributed by atoms with Crippen LogP contribution in [0.15, 0.2) is 23.1 Å². The first-order valence-corrected chi connectivity index (χ1v) is 3.59. The van der Waals surface area contributed by atoms with Crippen LogP contribution in [0.1, 0.15) is 0 Å². The Morgan fingerprint density at radius 2 is 2.46 bits per heavy atom. The highest BCUT2D eigenvalue weighted by Crippen LogP contribution is 2.14. The molecule has 0 amide bonds. The summed E-state index contributed by atoms with van der Waals surface area (Å²) >= 11 is 0. The van der Waals surface area contributed by atoms with Gasteiger partial charge in [-0.2, -0.15) is 0 Å². The lowest BCUT2D eigenvalue weighted by Gasteiger charge is -1.97. The van der Waals surface area contributed by atoms with Crippen molar-refractivity contribution >= 4 is 0 Å². The second-order valence-corrected chi connectivity index (χ2v) is 2.21. The number of aromatic nitrogens is 3. The van der Waals surface area contributed by atoms with Crippen molar-refractivity contribution in [1.29, 1.82) is 0 Å². The molecule has 0 aliphatic rings. The molecular formula is C8H6N3O2. The fourth-order valence-corrected chi connectivity index (χ4v) is 0.856. The van der Waals surface area contributed by atoms with Crippen LogP contribution in [0.4, 0.5) is 0 Å². The molecular weight excluding hydrogens is 170 g/mol. The predicted molar refractivity (Wildman–Crippen MR) is 42.9 cm³/mol. The molecule has 0 bridgehead atoms. The molecule has 13 heavy (non-hydrogen) atoms. The van der Waals surface area contributed by atoms with Crippen LogP contribution in [-0.2, 0) is 0 Å². The molecule has 0 saturated carbocycles. The molecule has 1 radical (unpaired) electrons. The molecule has 5 nitrogen and oxygen atoms in total. The Balaban J connectivity index is 2.41. The lowest BCUT2D eigenvalue weighted by atomic mass is 10.4. The zero-order valence-corrected chi connectivity index (χ0v) is 6.89. The molecule has 0 unspecified atom stereocenters. The van der Waals surface area contributed by atoms with Gasteiger partial charge in [0.15, 0.2) is 6.20 Å². The Kier molecular flexibility index (Phi) is 1.91. The summed E-state index contributed by atoms with van der Waals surface area (Å²) in [5.41, 5.74) is 0.528. The molecule has 0 saturated heterocycles. The van der Waals surface area contributed by atoms with E-state index in [1.807, 2.05) is 0 Å². The van der Waals surface area contributed by atoms with Crippen LogP contribution in [0.2, 0.25) is 0 Å². The molecule has 5 heteroatoms. The van der Waals surface area contributed by atoms with Crippen molar-refractivity contribution in [3.63, 3.8) is 0 Å². The summed E-state index contributed by atoms with van der Waals surface area (Å²) in [4.78, 5) is 11.8. The van der Waals surface area contributed by atoms with E-state index in [1.165, 1.54) is 19.6 Å². The first-order chi connectivity index (χ1) is 6.40. The molecule has 0 fully saturated rings. The van der Waals surface area contributed by atoms with Crippen LogP contribution >= 0.6 is 0 Å². The normalized spacial score (nSPS) is 9.92. The summed E-state index contributed by atoms with van der Waals surface area (Å²) in [6.07, 6.45) is 7.09. The van der Waals surface area contributed by atoms with E-state index in [1.54, 1.807) is 6.20 Å². The molecule has 65 valence electrons. The highest BCUT2D eigenvalue weighted by atomic mass is 16.5. The monoisotopic (exact) mass is 176 g/mol. The van der Waals surface area contributed by atoms with E-state index in [4.69, 9.17) is 9.15 Å². The van der Waals surface area contributed by atoms with Gasteiger partial charge in [-0.25, -0.2) is 15.0 Å². The van der Waals surface area contributed by atoms with Crippen LogP contribution in [0, 0.1) is 6.20 Å². The minimum absolute atomic E-state index is 0.315. The zero-order valence-electron chi connectivity index (χ0n) is 6.89. The van der Waals surface area contributed by atoms with Crippen molar-refractivity contribution in [3.8, 4) is 17.5 Å². The van der Waals surface area contributed by atoms with E-state index in [0.717, 1.165) is 0 Å². The maximum Gasteiger partial charge on any atom is 0.246 e. The molecule has 0 aliphatic heterocycles. The summed E-state index contributed by atoms with van der Waals surface area (Å²) in [5.74, 6) is 0.732. The van der Waals surface area contributed by atoms with Gasteiger partial charge in [-0.1, -0.05) is 0 Å². The zero-order chi connectivity index (χ0) is 9.10. The molecule has 0 aliphatic carbocycles. The van der Waals surface area contributed by atoms with Crippen molar-refractivity contribution in [2.45, 2.75) is 0 Å². The average Bonchev–Trinajstić information content (AvgIpc) is 2.71. The van der Waals surface area contributed by atoms with E-state index >= 15 is 0 Å². The Labute approximate surface area is 74.4 Å². The third-order valence-electron chi connectivity index (χ3n) is 1.41. The molecule has 0 N–H and O–H groups in total. The maximum absolute atomic E-state index is 5.04. The van der Waals surface area contributed by atoms with Gasteiger partial charge in [0, 0.05) is 0 Å². The summed E-state index contributed by atoms with van der Waals surface area (Å²) in [7, 11) is 1.50. The number of ether oxygens (including phenoxy) is 1. The molecule has 0 spiro atoms. The second kappa shape index (κ2) is 3.22. The fourth-order valence-electron chi connectivity index (χ4n) is 0.856. The van der Waals surface area contributed by atoms with E-state index in [-0.39, 0.29) is 0 Å². The van der Waals surface area contributed by atoms with Crippen LogP contribution in [0.25, 0.3) is 11.6 Å². The van der Waals surface area contributed by atoms with Crippen molar-refractivity contribution in [2.75, 3.05) is 7.11 Å². The average molecular weight is 176 g/mol. The number of methoxy groups -OCH3 is 1. The molecule has 2 aromatic rings. The molecule has 2 rings (SSSR count). The Hall–Kier alpha value is -1.91. The van der Waals surface area contributed by atoms with Crippen LogP contribution in [0.5, 0.6) is 5.88 Å². The van der Waals surface area contributed by atoms with Gasteiger partial charge >= 0.3 is 0 Å². The quantitative estimate of drug-likeness (QED) is 0.681. The Morgan fingerprint density at radius 3 is 3.15 bits per heavy atom. The third-order valence-corrected chi connectivity index (χ3v) is 1.41. The third kappa shape index (κ3) is 1.48. The summed E-state index contributed by atoms with van der Waals surface area (Å²) in [6, 6.07) is 0. The number of oxazole rings is 1. The predicted octanol–water partition coefficient (Wildman–Crippen LogP) is 0.940. The Bertz CT molecular complexity index is 386. The first kappa shape index (κ1) is 7.72. The van der Waals surface area contributed by atoms with Gasteiger partial charge in [0.2, 0.25) is 11.8 Å². The molecule has 0 aromatic carbocycles. The molecule has 2 heterocycles. The van der Waals surface area contributed by atoms with E-state index in [0.29, 0.717) is 17.5 Å². The SMILES string of the molecule is COc1[c]ncc(-c2ncco2)n1.